The van der Waals surface area contributed by atoms with Crippen LogP contribution in [-0.4, -0.2) is 62.7 Å². The van der Waals surface area contributed by atoms with Gasteiger partial charge in [-0.05, 0) is 26.4 Å². The normalized spacial score (nSPS) is 18.3. The van der Waals surface area contributed by atoms with Crippen molar-refractivity contribution in [1.29, 1.82) is 0 Å². The van der Waals surface area contributed by atoms with Crippen LogP contribution in [0.5, 0.6) is 0 Å². The minimum Gasteiger partial charge on any atom is -0.314 e. The number of piperazine rings is 1. The van der Waals surface area contributed by atoms with Crippen LogP contribution in [0.3, 0.4) is 0 Å². The predicted octanol–water partition coefficient (Wildman–Crippen LogP) is 0.790. The van der Waals surface area contributed by atoms with Crippen LogP contribution in [0.15, 0.2) is 12.7 Å². The Morgan fingerprint density at radius 2 is 2.07 bits per heavy atom. The summed E-state index contributed by atoms with van der Waals surface area (Å²) < 4.78 is 0. The molecule has 0 unspecified atom stereocenters. The van der Waals surface area contributed by atoms with Gasteiger partial charge in [0.15, 0.2) is 0 Å². The van der Waals surface area contributed by atoms with E-state index < -0.39 is 0 Å². The standard InChI is InChI=1S/C12H25N3/c1-3-4-5-8-14(2)11-12-15-9-6-13-7-10-15/h3,13H,1,4-12H2,2H3. The summed E-state index contributed by atoms with van der Waals surface area (Å²) >= 11 is 0. The molecule has 1 aliphatic heterocycles. The van der Waals surface area contributed by atoms with E-state index in [4.69, 9.17) is 0 Å². The van der Waals surface area contributed by atoms with Gasteiger partial charge in [-0.2, -0.15) is 0 Å². The van der Waals surface area contributed by atoms with Crippen LogP contribution in [0.1, 0.15) is 12.8 Å². The second kappa shape index (κ2) is 7.85. The highest BCUT2D eigenvalue weighted by molar-refractivity contribution is 4.70. The zero-order chi connectivity index (χ0) is 10.9. The number of nitrogens with zero attached hydrogens (tertiary/aromatic N) is 2. The maximum absolute atomic E-state index is 3.74. The number of unbranched alkanes of at least 4 members (excludes halogenated alkanes) is 1. The van der Waals surface area contributed by atoms with E-state index in [-0.39, 0.29) is 0 Å². The van der Waals surface area contributed by atoms with E-state index >= 15 is 0 Å². The van der Waals surface area contributed by atoms with Crippen LogP contribution in [0.2, 0.25) is 0 Å². The molecule has 3 heteroatoms. The van der Waals surface area contributed by atoms with E-state index in [0.717, 1.165) is 19.5 Å². The highest BCUT2D eigenvalue weighted by Crippen LogP contribution is 1.96. The molecule has 0 aromatic rings. The lowest BCUT2D eigenvalue weighted by Crippen LogP contribution is -2.46. The zero-order valence-electron chi connectivity index (χ0n) is 10.0. The van der Waals surface area contributed by atoms with E-state index in [9.17, 15) is 0 Å². The topological polar surface area (TPSA) is 18.5 Å². The molecule has 0 aromatic carbocycles. The third-order valence-electron chi connectivity index (χ3n) is 2.96. The quantitative estimate of drug-likeness (QED) is 0.496. The molecule has 0 amide bonds. The Morgan fingerprint density at radius 3 is 2.73 bits per heavy atom. The lowest BCUT2D eigenvalue weighted by Gasteiger charge is -2.29. The fraction of sp³-hybridized carbons (Fsp3) is 0.833. The fourth-order valence-corrected chi connectivity index (χ4v) is 1.86. The second-order valence-corrected chi connectivity index (χ2v) is 4.33. The number of hydrogen-bond donors (Lipinski definition) is 1. The molecule has 1 aliphatic rings. The Balaban J connectivity index is 1.99. The van der Waals surface area contributed by atoms with Gasteiger partial charge >= 0.3 is 0 Å². The molecule has 0 aromatic heterocycles. The first-order chi connectivity index (χ1) is 7.33. The summed E-state index contributed by atoms with van der Waals surface area (Å²) in [5.41, 5.74) is 0. The molecule has 1 saturated heterocycles. The van der Waals surface area contributed by atoms with Gasteiger partial charge in [0, 0.05) is 39.3 Å². The average Bonchev–Trinajstić information content (AvgIpc) is 2.28. The molecule has 1 fully saturated rings. The summed E-state index contributed by atoms with van der Waals surface area (Å²) in [6.45, 7) is 12.1. The number of allylic oxidation sites excluding steroid dienone is 1. The molecule has 0 atom stereocenters. The van der Waals surface area contributed by atoms with Crippen LogP contribution in [0, 0.1) is 0 Å². The molecule has 1 heterocycles. The minimum absolute atomic E-state index is 1.14. The second-order valence-electron chi connectivity index (χ2n) is 4.33. The van der Waals surface area contributed by atoms with E-state index in [1.54, 1.807) is 0 Å². The molecule has 88 valence electrons. The molecule has 0 bridgehead atoms. The van der Waals surface area contributed by atoms with Crippen LogP contribution in [0.4, 0.5) is 0 Å². The molecule has 0 spiro atoms. The third-order valence-corrected chi connectivity index (χ3v) is 2.96. The molecular formula is C12H25N3. The van der Waals surface area contributed by atoms with Gasteiger partial charge in [0.1, 0.15) is 0 Å². The first-order valence-electron chi connectivity index (χ1n) is 6.05. The summed E-state index contributed by atoms with van der Waals surface area (Å²) in [7, 11) is 2.21. The summed E-state index contributed by atoms with van der Waals surface area (Å²) in [6, 6.07) is 0. The fourth-order valence-electron chi connectivity index (χ4n) is 1.86. The van der Waals surface area contributed by atoms with Gasteiger partial charge < -0.3 is 10.2 Å². The molecule has 3 nitrogen and oxygen atoms in total. The van der Waals surface area contributed by atoms with Gasteiger partial charge in [0.05, 0.1) is 0 Å². The van der Waals surface area contributed by atoms with E-state index in [1.165, 1.54) is 39.1 Å². The van der Waals surface area contributed by atoms with Crippen molar-refractivity contribution in [2.24, 2.45) is 0 Å². The van der Waals surface area contributed by atoms with Crippen molar-refractivity contribution in [1.82, 2.24) is 15.1 Å². The predicted molar refractivity (Wildman–Crippen MR) is 66.2 cm³/mol. The lowest BCUT2D eigenvalue weighted by atomic mass is 10.3. The summed E-state index contributed by atoms with van der Waals surface area (Å²) in [5.74, 6) is 0. The Hall–Kier alpha value is -0.380. The third kappa shape index (κ3) is 5.92. The van der Waals surface area contributed by atoms with Crippen molar-refractivity contribution in [2.75, 3.05) is 52.9 Å². The lowest BCUT2D eigenvalue weighted by molar-refractivity contribution is 0.204. The Labute approximate surface area is 94.1 Å². The van der Waals surface area contributed by atoms with Gasteiger partial charge in [0.25, 0.3) is 0 Å². The number of hydrogen-bond acceptors (Lipinski definition) is 3. The summed E-state index contributed by atoms with van der Waals surface area (Å²) in [5, 5.41) is 3.38. The Bertz CT molecular complexity index is 164. The van der Waals surface area contributed by atoms with Crippen LogP contribution in [0.25, 0.3) is 0 Å². The van der Waals surface area contributed by atoms with Crippen LogP contribution in [-0.2, 0) is 0 Å². The van der Waals surface area contributed by atoms with Crippen LogP contribution >= 0.6 is 0 Å². The highest BCUT2D eigenvalue weighted by Gasteiger charge is 2.09. The van der Waals surface area contributed by atoms with Gasteiger partial charge in [-0.3, -0.25) is 4.90 Å². The van der Waals surface area contributed by atoms with Crippen molar-refractivity contribution in [3.8, 4) is 0 Å². The van der Waals surface area contributed by atoms with E-state index in [2.05, 4.69) is 28.7 Å². The van der Waals surface area contributed by atoms with E-state index in [0.29, 0.717) is 0 Å². The molecular weight excluding hydrogens is 186 g/mol. The maximum atomic E-state index is 3.74. The number of likely N-dealkylation sites (N-methyl/N-ethyl adjacent to an activating group) is 1. The van der Waals surface area contributed by atoms with Crippen molar-refractivity contribution >= 4 is 0 Å². The summed E-state index contributed by atoms with van der Waals surface area (Å²) in [4.78, 5) is 4.96. The SMILES string of the molecule is C=CCCCN(C)CCN1CCNCC1. The molecule has 0 aliphatic carbocycles. The maximum Gasteiger partial charge on any atom is 0.0110 e. The Morgan fingerprint density at radius 1 is 1.33 bits per heavy atom. The van der Waals surface area contributed by atoms with Crippen molar-refractivity contribution in [3.63, 3.8) is 0 Å². The zero-order valence-corrected chi connectivity index (χ0v) is 10.0. The Kier molecular flexibility index (Phi) is 6.64. The summed E-state index contributed by atoms with van der Waals surface area (Å²) in [6.07, 6.45) is 4.38. The van der Waals surface area contributed by atoms with Gasteiger partial charge in [0.2, 0.25) is 0 Å². The molecule has 0 radical (unpaired) electrons. The van der Waals surface area contributed by atoms with Crippen molar-refractivity contribution in [2.45, 2.75) is 12.8 Å². The first-order valence-corrected chi connectivity index (χ1v) is 6.05. The molecule has 1 rings (SSSR count). The van der Waals surface area contributed by atoms with Gasteiger partial charge in [-0.25, -0.2) is 0 Å². The molecule has 15 heavy (non-hydrogen) atoms. The van der Waals surface area contributed by atoms with Gasteiger partial charge in [-0.1, -0.05) is 6.08 Å². The van der Waals surface area contributed by atoms with Crippen LogP contribution < -0.4 is 5.32 Å². The minimum atomic E-state index is 1.14. The van der Waals surface area contributed by atoms with Gasteiger partial charge in [-0.15, -0.1) is 6.58 Å². The van der Waals surface area contributed by atoms with E-state index in [1.807, 2.05) is 6.08 Å². The number of nitrogens with one attached hydrogen (secondary N) is 1. The monoisotopic (exact) mass is 211 g/mol. The molecule has 1 N–H and O–H groups in total. The smallest absolute Gasteiger partial charge is 0.0110 e. The molecule has 0 saturated carbocycles. The first kappa shape index (κ1) is 12.7. The van der Waals surface area contributed by atoms with Crippen molar-refractivity contribution < 1.29 is 0 Å². The largest absolute Gasteiger partial charge is 0.314 e. The number of rotatable bonds is 7. The average molecular weight is 211 g/mol. The highest BCUT2D eigenvalue weighted by atomic mass is 15.2. The van der Waals surface area contributed by atoms with Crippen molar-refractivity contribution in [3.05, 3.63) is 12.7 Å².